The predicted octanol–water partition coefficient (Wildman–Crippen LogP) is 19.2. The molecule has 2 aromatic heterocycles. The van der Waals surface area contributed by atoms with Crippen LogP contribution >= 0.6 is 0 Å². The number of hydrogen-bond acceptors (Lipinski definition) is 2. The zero-order valence-corrected chi connectivity index (χ0v) is 42.6. The summed E-state index contributed by atoms with van der Waals surface area (Å²) in [6, 6.07) is 90.6. The van der Waals surface area contributed by atoms with E-state index in [0.29, 0.717) is 0 Å². The van der Waals surface area contributed by atoms with E-state index < -0.39 is 0 Å². The molecule has 4 aliphatic carbocycles. The van der Waals surface area contributed by atoms with Crippen LogP contribution in [0.1, 0.15) is 82.0 Å². The standard InChI is InChI=1S/C75H50N2/c1-75-43-63(54-34-16-17-35-64(54)75)70-62-40-58-60(42-66(62)77-74(72(70)75)51-31-19-29-49(37-51)45-22-8-3-9-23-45)67(46-24-10-4-11-25-46)57-39-61-65(41-59(57)68(58)47-26-12-5-13-27-47)76-73(50-30-18-28-48(36-50)44-20-6-2-7-21-44)71-56-38-55(69(61)71)52-32-14-15-33-53(52)56/h2-37,39-42,55-56,63H,38,43H2,1H3. The van der Waals surface area contributed by atoms with Gasteiger partial charge in [-0.25, -0.2) is 9.97 Å². The quantitative estimate of drug-likeness (QED) is 0.155. The van der Waals surface area contributed by atoms with Crippen molar-refractivity contribution in [2.45, 2.75) is 42.9 Å². The molecule has 4 unspecified atom stereocenters. The second kappa shape index (κ2) is 16.1. The van der Waals surface area contributed by atoms with Gasteiger partial charge in [0.15, 0.2) is 0 Å². The number of aromatic nitrogens is 2. The van der Waals surface area contributed by atoms with Gasteiger partial charge in [0.2, 0.25) is 0 Å². The average molecular weight is 979 g/mol. The second-order valence-corrected chi connectivity index (χ2v) is 22.4. The van der Waals surface area contributed by atoms with Crippen molar-refractivity contribution in [3.63, 3.8) is 0 Å². The highest BCUT2D eigenvalue weighted by molar-refractivity contribution is 6.25. The number of rotatable bonds is 6. The van der Waals surface area contributed by atoms with Gasteiger partial charge in [0, 0.05) is 45.1 Å². The first-order valence-corrected chi connectivity index (χ1v) is 27.5. The summed E-state index contributed by atoms with van der Waals surface area (Å²) in [5, 5.41) is 7.42. The molecule has 11 aromatic carbocycles. The van der Waals surface area contributed by atoms with Crippen LogP contribution in [0, 0.1) is 0 Å². The number of hydrogen-bond donors (Lipinski definition) is 0. The summed E-state index contributed by atoms with van der Waals surface area (Å²) in [6.45, 7) is 2.48. The van der Waals surface area contributed by atoms with E-state index in [1.165, 1.54) is 127 Å². The normalized spacial score (nSPS) is 18.3. The molecule has 0 spiro atoms. The molecule has 4 aliphatic rings. The molecule has 17 rings (SSSR count). The molecule has 13 aromatic rings. The van der Waals surface area contributed by atoms with Crippen molar-refractivity contribution in [3.8, 4) is 67.0 Å². The Kier molecular flexibility index (Phi) is 9.02. The molecule has 0 fully saturated rings. The van der Waals surface area contributed by atoms with Crippen molar-refractivity contribution in [1.29, 1.82) is 0 Å². The predicted molar refractivity (Wildman–Crippen MR) is 319 cm³/mol. The molecule has 0 saturated carbocycles. The van der Waals surface area contributed by atoms with Crippen LogP contribution in [0.5, 0.6) is 0 Å². The SMILES string of the molecule is CC12CC(c3ccccc31)c1c2c(-c2cccc(-c3ccccc3)c2)nc2cc3c(-c4ccccc4)c4cc5c6c(c(-c7cccc(-c8ccccc8)c7)nc5cc4c(-c4ccccc4)c3cc12)C1CC6c2ccccc21. The summed E-state index contributed by atoms with van der Waals surface area (Å²) in [4.78, 5) is 11.9. The maximum absolute atomic E-state index is 5.95. The minimum atomic E-state index is -0.186. The Labute approximate surface area is 448 Å². The topological polar surface area (TPSA) is 25.8 Å². The molecule has 4 bridgehead atoms. The summed E-state index contributed by atoms with van der Waals surface area (Å²) in [5.74, 6) is 0.829. The fraction of sp³-hybridized carbons (Fsp3) is 0.0933. The average Bonchev–Trinajstić information content (AvgIpc) is 4.21. The first-order valence-electron chi connectivity index (χ1n) is 27.5. The van der Waals surface area contributed by atoms with Crippen molar-refractivity contribution in [3.05, 3.63) is 287 Å². The molecule has 0 aliphatic heterocycles. The van der Waals surface area contributed by atoms with Gasteiger partial charge < -0.3 is 0 Å². The molecule has 0 saturated heterocycles. The van der Waals surface area contributed by atoms with E-state index >= 15 is 0 Å². The lowest BCUT2D eigenvalue weighted by atomic mass is 9.74. The Hall–Kier alpha value is -9.24. The lowest BCUT2D eigenvalue weighted by Crippen LogP contribution is -2.21. The Bertz CT molecular complexity index is 4640. The van der Waals surface area contributed by atoms with Gasteiger partial charge in [-0.3, -0.25) is 0 Å². The minimum Gasteiger partial charge on any atom is -0.247 e. The van der Waals surface area contributed by atoms with Gasteiger partial charge in [-0.2, -0.15) is 0 Å². The van der Waals surface area contributed by atoms with Crippen LogP contribution in [0.4, 0.5) is 0 Å². The van der Waals surface area contributed by atoms with Crippen LogP contribution in [0.25, 0.3) is 110 Å². The lowest BCUT2D eigenvalue weighted by Gasteiger charge is -2.30. The van der Waals surface area contributed by atoms with Crippen LogP contribution < -0.4 is 0 Å². The third-order valence-corrected chi connectivity index (χ3v) is 18.4. The highest BCUT2D eigenvalue weighted by atomic mass is 14.7. The zero-order chi connectivity index (χ0) is 50.5. The van der Waals surface area contributed by atoms with Crippen LogP contribution in [0.15, 0.2) is 243 Å². The van der Waals surface area contributed by atoms with E-state index in [9.17, 15) is 0 Å². The van der Waals surface area contributed by atoms with Crippen molar-refractivity contribution in [2.75, 3.05) is 0 Å². The van der Waals surface area contributed by atoms with Crippen molar-refractivity contribution < 1.29 is 0 Å². The van der Waals surface area contributed by atoms with E-state index in [1.807, 2.05) is 0 Å². The Morgan fingerprint density at radius 2 is 0.740 bits per heavy atom. The summed E-state index contributed by atoms with van der Waals surface area (Å²) in [6.07, 6.45) is 2.11. The largest absolute Gasteiger partial charge is 0.247 e. The highest BCUT2D eigenvalue weighted by Crippen LogP contribution is 2.64. The number of nitrogens with zero attached hydrogens (tertiary/aromatic N) is 2. The lowest BCUT2D eigenvalue weighted by molar-refractivity contribution is 0.590. The molecule has 2 heteroatoms. The van der Waals surface area contributed by atoms with E-state index in [4.69, 9.17) is 9.97 Å². The fourth-order valence-electron chi connectivity index (χ4n) is 15.3. The Morgan fingerprint density at radius 3 is 1.30 bits per heavy atom. The van der Waals surface area contributed by atoms with Crippen molar-refractivity contribution in [2.24, 2.45) is 0 Å². The Morgan fingerprint density at radius 1 is 0.325 bits per heavy atom. The summed E-state index contributed by atoms with van der Waals surface area (Å²) in [5.41, 5.74) is 27.6. The van der Waals surface area contributed by atoms with Crippen molar-refractivity contribution >= 4 is 43.4 Å². The minimum absolute atomic E-state index is 0.186. The first-order chi connectivity index (χ1) is 38.1. The molecule has 0 amide bonds. The third-order valence-electron chi connectivity index (χ3n) is 18.4. The number of benzene rings is 11. The molecule has 2 nitrogen and oxygen atoms in total. The van der Waals surface area contributed by atoms with Crippen LogP contribution in [0.3, 0.4) is 0 Å². The number of fused-ring (bicyclic) bond motifs is 22. The van der Waals surface area contributed by atoms with Gasteiger partial charge in [-0.1, -0.05) is 213 Å². The van der Waals surface area contributed by atoms with E-state index in [0.717, 1.165) is 40.8 Å². The van der Waals surface area contributed by atoms with Gasteiger partial charge in [0.25, 0.3) is 0 Å². The highest BCUT2D eigenvalue weighted by Gasteiger charge is 2.52. The van der Waals surface area contributed by atoms with Crippen molar-refractivity contribution in [1.82, 2.24) is 9.97 Å². The molecule has 0 N–H and O–H groups in total. The third kappa shape index (κ3) is 6.13. The van der Waals surface area contributed by atoms with E-state index in [1.54, 1.807) is 0 Å². The first kappa shape index (κ1) is 43.0. The molecular weight excluding hydrogens is 929 g/mol. The van der Waals surface area contributed by atoms with Gasteiger partial charge in [-0.15, -0.1) is 0 Å². The van der Waals surface area contributed by atoms with Gasteiger partial charge in [0.05, 0.1) is 22.4 Å². The molecule has 0 radical (unpaired) electrons. The number of pyridine rings is 2. The smallest absolute Gasteiger partial charge is 0.0753 e. The van der Waals surface area contributed by atoms with Crippen LogP contribution in [-0.2, 0) is 5.41 Å². The van der Waals surface area contributed by atoms with Gasteiger partial charge in [-0.05, 0) is 160 Å². The monoisotopic (exact) mass is 978 g/mol. The molecule has 4 atom stereocenters. The maximum Gasteiger partial charge on any atom is 0.0753 e. The molecular formula is C75H50N2. The maximum atomic E-state index is 5.95. The summed E-state index contributed by atoms with van der Waals surface area (Å²) >= 11 is 0. The second-order valence-electron chi connectivity index (χ2n) is 22.4. The van der Waals surface area contributed by atoms with Crippen LogP contribution in [0.2, 0.25) is 0 Å². The van der Waals surface area contributed by atoms with E-state index in [2.05, 4.69) is 250 Å². The molecule has 360 valence electrons. The molecule has 77 heavy (non-hydrogen) atoms. The van der Waals surface area contributed by atoms with Gasteiger partial charge >= 0.3 is 0 Å². The molecule has 2 heterocycles. The Balaban J connectivity index is 1.00. The summed E-state index contributed by atoms with van der Waals surface area (Å²) in [7, 11) is 0. The van der Waals surface area contributed by atoms with Gasteiger partial charge in [0.1, 0.15) is 0 Å². The summed E-state index contributed by atoms with van der Waals surface area (Å²) < 4.78 is 0. The zero-order valence-electron chi connectivity index (χ0n) is 42.6. The fourth-order valence-corrected chi connectivity index (χ4v) is 15.3. The van der Waals surface area contributed by atoms with E-state index in [-0.39, 0.29) is 23.2 Å². The van der Waals surface area contributed by atoms with Crippen LogP contribution in [-0.4, -0.2) is 9.97 Å².